The first kappa shape index (κ1) is 24.8. The van der Waals surface area contributed by atoms with Gasteiger partial charge in [0, 0.05) is 17.0 Å². The van der Waals surface area contributed by atoms with E-state index in [-0.39, 0.29) is 17.7 Å². The van der Waals surface area contributed by atoms with Gasteiger partial charge in [0.1, 0.15) is 22.1 Å². The Morgan fingerprint density at radius 2 is 1.56 bits per heavy atom. The van der Waals surface area contributed by atoms with Crippen LogP contribution in [0, 0.1) is 6.92 Å². The Bertz CT molecular complexity index is 1160. The average Bonchev–Trinajstić information content (AvgIpc) is 3.26. The van der Waals surface area contributed by atoms with Gasteiger partial charge in [0.05, 0.1) is 26.4 Å². The number of aryl methyl sites for hydroxylation is 1. The monoisotopic (exact) mass is 483 g/mol. The number of carbonyl (C=O) groups is 3. The molecule has 34 heavy (non-hydrogen) atoms. The number of rotatable bonds is 9. The summed E-state index contributed by atoms with van der Waals surface area (Å²) in [6.07, 6.45) is 0. The summed E-state index contributed by atoms with van der Waals surface area (Å²) in [5, 5.41) is 4.75. The van der Waals surface area contributed by atoms with E-state index in [4.69, 9.17) is 18.9 Å². The SMILES string of the molecule is CCOC(=O)c1c(-c2ccc(C)cc2)csc1NC(=O)COC(=O)c1cc(OC)cc(OC)c1. The molecule has 0 aliphatic heterocycles. The number of anilines is 1. The molecule has 0 radical (unpaired) electrons. The molecule has 0 unspecified atom stereocenters. The van der Waals surface area contributed by atoms with E-state index in [2.05, 4.69) is 5.32 Å². The Kier molecular flexibility index (Phi) is 8.26. The Hall–Kier alpha value is -3.85. The standard InChI is InChI=1S/C25H25NO7S/c1-5-32-25(29)22-20(16-8-6-15(2)7-9-16)14-34-23(22)26-21(27)13-33-24(28)17-10-18(30-3)12-19(11-17)31-4/h6-12,14H,5,13H2,1-4H3,(H,26,27). The van der Waals surface area contributed by atoms with Crippen LogP contribution in [0.1, 0.15) is 33.2 Å². The number of esters is 2. The van der Waals surface area contributed by atoms with E-state index in [1.807, 2.05) is 31.2 Å². The minimum atomic E-state index is -0.718. The molecule has 3 aromatic rings. The number of methoxy groups -OCH3 is 2. The van der Waals surface area contributed by atoms with Crippen molar-refractivity contribution in [2.45, 2.75) is 13.8 Å². The van der Waals surface area contributed by atoms with Gasteiger partial charge in [-0.05, 0) is 31.5 Å². The molecule has 0 spiro atoms. The van der Waals surface area contributed by atoms with Crippen molar-refractivity contribution in [3.05, 3.63) is 64.5 Å². The maximum atomic E-state index is 12.7. The van der Waals surface area contributed by atoms with Crippen LogP contribution < -0.4 is 14.8 Å². The summed E-state index contributed by atoms with van der Waals surface area (Å²) in [6.45, 7) is 3.33. The lowest BCUT2D eigenvalue weighted by molar-refractivity contribution is -0.119. The molecule has 0 bridgehead atoms. The second-order valence-electron chi connectivity index (χ2n) is 7.17. The molecule has 2 aromatic carbocycles. The molecule has 3 rings (SSSR count). The summed E-state index contributed by atoms with van der Waals surface area (Å²) in [5.74, 6) is -1.03. The molecule has 0 saturated heterocycles. The first-order valence-corrected chi connectivity index (χ1v) is 11.3. The number of ether oxygens (including phenoxy) is 4. The molecule has 1 aromatic heterocycles. The molecule has 9 heteroatoms. The van der Waals surface area contributed by atoms with Crippen LogP contribution in [0.5, 0.6) is 11.5 Å². The predicted octanol–water partition coefficient (Wildman–Crippen LogP) is 4.71. The maximum Gasteiger partial charge on any atom is 0.341 e. The second kappa shape index (κ2) is 11.3. The topological polar surface area (TPSA) is 100 Å². The van der Waals surface area contributed by atoms with Crippen LogP contribution >= 0.6 is 11.3 Å². The lowest BCUT2D eigenvalue weighted by atomic mass is 10.0. The van der Waals surface area contributed by atoms with Gasteiger partial charge in [0.25, 0.3) is 5.91 Å². The smallest absolute Gasteiger partial charge is 0.341 e. The number of amides is 1. The van der Waals surface area contributed by atoms with Gasteiger partial charge in [-0.2, -0.15) is 0 Å². The fraction of sp³-hybridized carbons (Fsp3) is 0.240. The molecule has 1 N–H and O–H groups in total. The summed E-state index contributed by atoms with van der Waals surface area (Å²) in [7, 11) is 2.93. The molecule has 1 amide bonds. The molecule has 0 fully saturated rings. The number of thiophene rings is 1. The number of nitrogens with one attached hydrogen (secondary N) is 1. The fourth-order valence-corrected chi connectivity index (χ4v) is 4.08. The highest BCUT2D eigenvalue weighted by Gasteiger charge is 2.23. The lowest BCUT2D eigenvalue weighted by Gasteiger charge is -2.10. The molecule has 0 atom stereocenters. The van der Waals surface area contributed by atoms with Crippen LogP contribution in [0.25, 0.3) is 11.1 Å². The normalized spacial score (nSPS) is 10.4. The Morgan fingerprint density at radius 1 is 0.912 bits per heavy atom. The van der Waals surface area contributed by atoms with Gasteiger partial charge in [-0.1, -0.05) is 29.8 Å². The molecular weight excluding hydrogens is 458 g/mol. The zero-order chi connectivity index (χ0) is 24.7. The van der Waals surface area contributed by atoms with E-state index in [0.29, 0.717) is 22.1 Å². The van der Waals surface area contributed by atoms with Crippen molar-refractivity contribution in [3.63, 3.8) is 0 Å². The minimum absolute atomic E-state index is 0.175. The van der Waals surface area contributed by atoms with E-state index in [9.17, 15) is 14.4 Å². The van der Waals surface area contributed by atoms with Crippen molar-refractivity contribution in [2.24, 2.45) is 0 Å². The minimum Gasteiger partial charge on any atom is -0.497 e. The maximum absolute atomic E-state index is 12.7. The Balaban J connectivity index is 1.75. The third kappa shape index (κ3) is 5.93. The Morgan fingerprint density at radius 3 is 2.15 bits per heavy atom. The number of benzene rings is 2. The van der Waals surface area contributed by atoms with Gasteiger partial charge in [-0.15, -0.1) is 11.3 Å². The van der Waals surface area contributed by atoms with Gasteiger partial charge >= 0.3 is 11.9 Å². The molecule has 178 valence electrons. The van der Waals surface area contributed by atoms with Gasteiger partial charge in [0.15, 0.2) is 6.61 Å². The summed E-state index contributed by atoms with van der Waals surface area (Å²) >= 11 is 1.19. The van der Waals surface area contributed by atoms with E-state index >= 15 is 0 Å². The zero-order valence-corrected chi connectivity index (χ0v) is 20.1. The largest absolute Gasteiger partial charge is 0.497 e. The van der Waals surface area contributed by atoms with Crippen molar-refractivity contribution in [3.8, 4) is 22.6 Å². The molecule has 0 aliphatic carbocycles. The van der Waals surface area contributed by atoms with Crippen molar-refractivity contribution >= 4 is 34.2 Å². The van der Waals surface area contributed by atoms with E-state index in [0.717, 1.165) is 11.1 Å². The van der Waals surface area contributed by atoms with Crippen LogP contribution in [0.15, 0.2) is 47.8 Å². The highest BCUT2D eigenvalue weighted by molar-refractivity contribution is 7.15. The predicted molar refractivity (Wildman–Crippen MR) is 129 cm³/mol. The summed E-state index contributed by atoms with van der Waals surface area (Å²) in [5.41, 5.74) is 2.99. The lowest BCUT2D eigenvalue weighted by Crippen LogP contribution is -2.21. The third-order valence-corrected chi connectivity index (χ3v) is 5.70. The number of carbonyl (C=O) groups excluding carboxylic acids is 3. The molecule has 0 saturated carbocycles. The van der Waals surface area contributed by atoms with E-state index in [1.54, 1.807) is 18.4 Å². The molecular formula is C25H25NO7S. The van der Waals surface area contributed by atoms with Crippen LogP contribution in [-0.4, -0.2) is 45.3 Å². The number of hydrogen-bond acceptors (Lipinski definition) is 8. The van der Waals surface area contributed by atoms with Gasteiger partial charge in [-0.3, -0.25) is 4.79 Å². The quantitative estimate of drug-likeness (QED) is 0.440. The van der Waals surface area contributed by atoms with Crippen molar-refractivity contribution in [1.29, 1.82) is 0 Å². The highest BCUT2D eigenvalue weighted by Crippen LogP contribution is 2.36. The third-order valence-electron chi connectivity index (χ3n) is 4.81. The van der Waals surface area contributed by atoms with Gasteiger partial charge in [-0.25, -0.2) is 9.59 Å². The summed E-state index contributed by atoms with van der Waals surface area (Å²) in [4.78, 5) is 37.6. The second-order valence-corrected chi connectivity index (χ2v) is 8.05. The zero-order valence-electron chi connectivity index (χ0n) is 19.3. The van der Waals surface area contributed by atoms with E-state index < -0.39 is 24.5 Å². The molecule has 0 aliphatic rings. The van der Waals surface area contributed by atoms with Crippen molar-refractivity contribution < 1.29 is 33.3 Å². The Labute approximate surface area is 201 Å². The van der Waals surface area contributed by atoms with Crippen LogP contribution in [0.2, 0.25) is 0 Å². The van der Waals surface area contributed by atoms with Crippen molar-refractivity contribution in [2.75, 3.05) is 32.8 Å². The first-order valence-electron chi connectivity index (χ1n) is 10.4. The van der Waals surface area contributed by atoms with Crippen molar-refractivity contribution in [1.82, 2.24) is 0 Å². The molecule has 8 nitrogen and oxygen atoms in total. The van der Waals surface area contributed by atoms with Crippen LogP contribution in [-0.2, 0) is 14.3 Å². The highest BCUT2D eigenvalue weighted by atomic mass is 32.1. The summed E-state index contributed by atoms with van der Waals surface area (Å²) < 4.78 is 20.6. The van der Waals surface area contributed by atoms with E-state index in [1.165, 1.54) is 37.7 Å². The van der Waals surface area contributed by atoms with Gasteiger partial charge in [0.2, 0.25) is 0 Å². The fourth-order valence-electron chi connectivity index (χ4n) is 3.10. The average molecular weight is 484 g/mol. The number of hydrogen-bond donors (Lipinski definition) is 1. The molecule has 1 heterocycles. The first-order chi connectivity index (χ1) is 16.4. The summed E-state index contributed by atoms with van der Waals surface area (Å²) in [6, 6.07) is 12.2. The van der Waals surface area contributed by atoms with Crippen LogP contribution in [0.3, 0.4) is 0 Å². The van der Waals surface area contributed by atoms with Gasteiger partial charge < -0.3 is 24.3 Å². The van der Waals surface area contributed by atoms with Crippen LogP contribution in [0.4, 0.5) is 5.00 Å².